The van der Waals surface area contributed by atoms with Gasteiger partial charge in [-0.2, -0.15) is 0 Å². The molecule has 0 fully saturated rings. The van der Waals surface area contributed by atoms with Gasteiger partial charge >= 0.3 is 0 Å². The second-order valence-electron chi connectivity index (χ2n) is 3.92. The summed E-state index contributed by atoms with van der Waals surface area (Å²) in [5.41, 5.74) is 5.65. The topological polar surface area (TPSA) is 72.2 Å². The highest BCUT2D eigenvalue weighted by Gasteiger charge is 2.19. The second-order valence-corrected chi connectivity index (χ2v) is 6.86. The molecule has 0 radical (unpaired) electrons. The Kier molecular flexibility index (Phi) is 4.22. The minimum absolute atomic E-state index is 0.0770. The van der Waals surface area contributed by atoms with Crippen LogP contribution in [0.25, 0.3) is 0 Å². The normalized spacial score (nSPS) is 11.3. The molecule has 0 heterocycles. The van der Waals surface area contributed by atoms with Gasteiger partial charge in [0, 0.05) is 15.2 Å². The van der Waals surface area contributed by atoms with E-state index < -0.39 is 15.8 Å². The van der Waals surface area contributed by atoms with Crippen LogP contribution in [0.2, 0.25) is 5.02 Å². The number of halogens is 3. The van der Waals surface area contributed by atoms with E-state index in [1.807, 2.05) is 0 Å². The van der Waals surface area contributed by atoms with Crippen molar-refractivity contribution < 1.29 is 12.8 Å². The molecule has 4 nitrogen and oxygen atoms in total. The fraction of sp³-hybridized carbons (Fsp3) is 0. The van der Waals surface area contributed by atoms with Crippen LogP contribution >= 0.6 is 27.5 Å². The Morgan fingerprint density at radius 2 is 1.90 bits per heavy atom. The van der Waals surface area contributed by atoms with Gasteiger partial charge in [-0.15, -0.1) is 0 Å². The van der Waals surface area contributed by atoms with Gasteiger partial charge in [0.15, 0.2) is 0 Å². The van der Waals surface area contributed by atoms with Gasteiger partial charge < -0.3 is 5.73 Å². The molecule has 20 heavy (non-hydrogen) atoms. The van der Waals surface area contributed by atoms with E-state index in [1.165, 1.54) is 24.3 Å². The third kappa shape index (κ3) is 3.23. The van der Waals surface area contributed by atoms with Crippen molar-refractivity contribution in [3.63, 3.8) is 0 Å². The van der Waals surface area contributed by atoms with Gasteiger partial charge in [0.1, 0.15) is 10.7 Å². The van der Waals surface area contributed by atoms with Crippen LogP contribution in [0.3, 0.4) is 0 Å². The van der Waals surface area contributed by atoms with Crippen molar-refractivity contribution in [1.29, 1.82) is 0 Å². The molecule has 0 bridgehead atoms. The number of anilines is 2. The molecule has 3 N–H and O–H groups in total. The molecule has 0 amide bonds. The molecule has 0 aliphatic carbocycles. The number of nitrogens with one attached hydrogen (secondary N) is 1. The molecule has 0 unspecified atom stereocenters. The van der Waals surface area contributed by atoms with Crippen LogP contribution in [0.4, 0.5) is 15.8 Å². The zero-order valence-corrected chi connectivity index (χ0v) is 13.1. The predicted molar refractivity (Wildman–Crippen MR) is 80.8 cm³/mol. The highest BCUT2D eigenvalue weighted by molar-refractivity contribution is 9.10. The van der Waals surface area contributed by atoms with Crippen molar-refractivity contribution in [1.82, 2.24) is 0 Å². The summed E-state index contributed by atoms with van der Waals surface area (Å²) < 4.78 is 40.5. The van der Waals surface area contributed by atoms with Crippen LogP contribution < -0.4 is 10.5 Å². The molecule has 0 aromatic heterocycles. The molecule has 0 saturated carbocycles. The van der Waals surface area contributed by atoms with Gasteiger partial charge in [-0.1, -0.05) is 11.6 Å². The number of benzene rings is 2. The second kappa shape index (κ2) is 5.59. The lowest BCUT2D eigenvalue weighted by Gasteiger charge is -2.11. The maximum atomic E-state index is 13.6. The lowest BCUT2D eigenvalue weighted by molar-refractivity contribution is 0.598. The molecule has 0 saturated heterocycles. The first-order chi connectivity index (χ1) is 9.29. The Bertz CT molecular complexity index is 768. The molecule has 2 aromatic rings. The van der Waals surface area contributed by atoms with Crippen LogP contribution in [-0.4, -0.2) is 8.42 Å². The van der Waals surface area contributed by atoms with E-state index >= 15 is 0 Å². The first-order valence-electron chi connectivity index (χ1n) is 5.32. The third-order valence-electron chi connectivity index (χ3n) is 2.42. The van der Waals surface area contributed by atoms with Crippen LogP contribution in [0, 0.1) is 5.82 Å². The maximum absolute atomic E-state index is 13.6. The molecule has 0 aliphatic heterocycles. The minimum atomic E-state index is -3.96. The predicted octanol–water partition coefficient (Wildman–Crippen LogP) is 3.62. The molecule has 0 atom stereocenters. The number of hydrogen-bond acceptors (Lipinski definition) is 3. The van der Waals surface area contributed by atoms with Crippen LogP contribution in [-0.2, 0) is 10.0 Å². The first-order valence-corrected chi connectivity index (χ1v) is 7.98. The van der Waals surface area contributed by atoms with Crippen molar-refractivity contribution in [3.8, 4) is 0 Å². The van der Waals surface area contributed by atoms with Gasteiger partial charge in [-0.05, 0) is 52.3 Å². The third-order valence-corrected chi connectivity index (χ3v) is 5.01. The van der Waals surface area contributed by atoms with Crippen LogP contribution in [0.1, 0.15) is 0 Å². The summed E-state index contributed by atoms with van der Waals surface area (Å²) in [5, 5.41) is 0.176. The Morgan fingerprint density at radius 3 is 2.55 bits per heavy atom. The summed E-state index contributed by atoms with van der Waals surface area (Å²) >= 11 is 8.73. The highest BCUT2D eigenvalue weighted by Crippen LogP contribution is 2.27. The zero-order chi connectivity index (χ0) is 14.9. The van der Waals surface area contributed by atoms with Crippen molar-refractivity contribution in [2.24, 2.45) is 0 Å². The fourth-order valence-corrected chi connectivity index (χ4v) is 3.72. The van der Waals surface area contributed by atoms with Gasteiger partial charge in [0.05, 0.1) is 5.69 Å². The highest BCUT2D eigenvalue weighted by atomic mass is 79.9. The number of rotatable bonds is 3. The monoisotopic (exact) mass is 378 g/mol. The van der Waals surface area contributed by atoms with Gasteiger partial charge in [0.25, 0.3) is 10.0 Å². The van der Waals surface area contributed by atoms with Gasteiger partial charge in [0.2, 0.25) is 0 Å². The SMILES string of the molecule is Nc1ccc(Br)c(S(=O)(=O)Nc2ccc(Cl)cc2F)c1. The fourth-order valence-electron chi connectivity index (χ4n) is 1.50. The average Bonchev–Trinajstić information content (AvgIpc) is 2.35. The molecule has 0 spiro atoms. The molecule has 2 rings (SSSR count). The van der Waals surface area contributed by atoms with E-state index in [9.17, 15) is 12.8 Å². The molecule has 0 aliphatic rings. The Morgan fingerprint density at radius 1 is 1.20 bits per heavy atom. The Labute approximate surface area is 128 Å². The Balaban J connectivity index is 2.43. The van der Waals surface area contributed by atoms with Crippen LogP contribution in [0.15, 0.2) is 45.8 Å². The quantitative estimate of drug-likeness (QED) is 0.800. The molecule has 8 heteroatoms. The first kappa shape index (κ1) is 15.1. The molecular weight excluding hydrogens is 371 g/mol. The van der Waals surface area contributed by atoms with Crippen molar-refractivity contribution >= 4 is 48.9 Å². The van der Waals surface area contributed by atoms with E-state index in [-0.39, 0.29) is 21.3 Å². The summed E-state index contributed by atoms with van der Waals surface area (Å²) in [6, 6.07) is 7.98. The van der Waals surface area contributed by atoms with Crippen molar-refractivity contribution in [2.45, 2.75) is 4.90 Å². The smallest absolute Gasteiger partial charge is 0.263 e. The maximum Gasteiger partial charge on any atom is 0.263 e. The number of nitrogen functional groups attached to an aromatic ring is 1. The largest absolute Gasteiger partial charge is 0.399 e. The molecular formula is C12H9BrClFN2O2S. The summed E-state index contributed by atoms with van der Waals surface area (Å²) in [4.78, 5) is -0.0770. The average molecular weight is 380 g/mol. The summed E-state index contributed by atoms with van der Waals surface area (Å²) in [5.74, 6) is -0.763. The van der Waals surface area contributed by atoms with E-state index in [0.29, 0.717) is 4.47 Å². The molecule has 106 valence electrons. The van der Waals surface area contributed by atoms with Gasteiger partial charge in [-0.3, -0.25) is 4.72 Å². The lowest BCUT2D eigenvalue weighted by Crippen LogP contribution is -2.14. The summed E-state index contributed by atoms with van der Waals surface area (Å²) in [6.45, 7) is 0. The van der Waals surface area contributed by atoms with Crippen LogP contribution in [0.5, 0.6) is 0 Å². The van der Waals surface area contributed by atoms with E-state index in [1.54, 1.807) is 6.07 Å². The Hall–Kier alpha value is -1.31. The van der Waals surface area contributed by atoms with Crippen molar-refractivity contribution in [3.05, 3.63) is 51.7 Å². The number of hydrogen-bond donors (Lipinski definition) is 2. The van der Waals surface area contributed by atoms with Gasteiger partial charge in [-0.25, -0.2) is 12.8 Å². The molecule has 2 aromatic carbocycles. The van der Waals surface area contributed by atoms with E-state index in [2.05, 4.69) is 20.7 Å². The summed E-state index contributed by atoms with van der Waals surface area (Å²) in [6.07, 6.45) is 0. The minimum Gasteiger partial charge on any atom is -0.399 e. The van der Waals surface area contributed by atoms with E-state index in [0.717, 1.165) is 6.07 Å². The lowest BCUT2D eigenvalue weighted by atomic mass is 10.3. The van der Waals surface area contributed by atoms with E-state index in [4.69, 9.17) is 17.3 Å². The zero-order valence-electron chi connectivity index (χ0n) is 9.90. The standard InChI is InChI=1S/C12H9BrClFN2O2S/c13-9-3-2-8(16)6-12(9)20(18,19)17-11-4-1-7(14)5-10(11)15/h1-6,17H,16H2. The summed E-state index contributed by atoms with van der Waals surface area (Å²) in [7, 11) is -3.96. The van der Waals surface area contributed by atoms with Crippen molar-refractivity contribution in [2.75, 3.05) is 10.5 Å². The number of sulfonamides is 1. The number of nitrogens with two attached hydrogens (primary N) is 1.